The summed E-state index contributed by atoms with van der Waals surface area (Å²) in [6, 6.07) is 9.15. The zero-order valence-electron chi connectivity index (χ0n) is 12.0. The molecule has 1 saturated carbocycles. The molecule has 2 aromatic rings. The van der Waals surface area contributed by atoms with Crippen LogP contribution in [0, 0.1) is 0 Å². The molecule has 1 fully saturated rings. The van der Waals surface area contributed by atoms with Crippen LogP contribution in [0.1, 0.15) is 38.6 Å². The number of rotatable bonds is 4. The second-order valence-corrected chi connectivity index (χ2v) is 5.62. The second-order valence-electron chi connectivity index (χ2n) is 5.62. The second kappa shape index (κ2) is 5.15. The van der Waals surface area contributed by atoms with Gasteiger partial charge in [0.05, 0.1) is 11.0 Å². The summed E-state index contributed by atoms with van der Waals surface area (Å²) in [5, 5.41) is 3.10. The quantitative estimate of drug-likeness (QED) is 0.661. The van der Waals surface area contributed by atoms with Crippen LogP contribution >= 0.6 is 0 Å². The van der Waals surface area contributed by atoms with E-state index >= 15 is 0 Å². The van der Waals surface area contributed by atoms with Crippen molar-refractivity contribution in [2.45, 2.75) is 45.3 Å². The van der Waals surface area contributed by atoms with Gasteiger partial charge >= 0.3 is 0 Å². The smallest absolute Gasteiger partial charge is 0.189 e. The molecule has 0 atom stereocenters. The Kier molecular flexibility index (Phi) is 3.34. The lowest BCUT2D eigenvalue weighted by Crippen LogP contribution is -2.36. The van der Waals surface area contributed by atoms with Crippen LogP contribution in [-0.2, 0) is 6.54 Å². The van der Waals surface area contributed by atoms with Gasteiger partial charge in [-0.15, -0.1) is 0 Å². The molecule has 1 aromatic carbocycles. The molecule has 0 bridgehead atoms. The van der Waals surface area contributed by atoms with E-state index in [1.807, 2.05) is 19.9 Å². The van der Waals surface area contributed by atoms with Crippen molar-refractivity contribution in [1.82, 2.24) is 14.9 Å². The molecule has 0 amide bonds. The first-order valence-electron chi connectivity index (χ1n) is 7.17. The third-order valence-electron chi connectivity index (χ3n) is 3.41. The minimum absolute atomic E-state index is 0.293. The van der Waals surface area contributed by atoms with Crippen LogP contribution in [0.4, 0.5) is 0 Å². The topological polar surface area (TPSA) is 68.2 Å². The van der Waals surface area contributed by atoms with Crippen LogP contribution in [0.25, 0.3) is 11.0 Å². The van der Waals surface area contributed by atoms with Crippen molar-refractivity contribution in [3.8, 4) is 0 Å². The summed E-state index contributed by atoms with van der Waals surface area (Å²) in [6.07, 6.45) is 2.47. The Morgan fingerprint density at radius 1 is 1.45 bits per heavy atom. The van der Waals surface area contributed by atoms with E-state index in [2.05, 4.69) is 33.1 Å². The zero-order chi connectivity index (χ0) is 14.1. The molecule has 1 heterocycles. The summed E-state index contributed by atoms with van der Waals surface area (Å²) in [5.74, 6) is 1.48. The van der Waals surface area contributed by atoms with Crippen molar-refractivity contribution in [2.24, 2.45) is 10.7 Å². The van der Waals surface area contributed by atoms with Crippen molar-refractivity contribution in [1.29, 1.82) is 0 Å². The molecule has 5 nitrogen and oxygen atoms in total. The minimum Gasteiger partial charge on any atom is -0.370 e. The van der Waals surface area contributed by atoms with Gasteiger partial charge in [0.25, 0.3) is 0 Å². The maximum absolute atomic E-state index is 5.86. The molecule has 0 radical (unpaired) electrons. The Balaban J connectivity index is 1.89. The van der Waals surface area contributed by atoms with Crippen LogP contribution in [0.2, 0.25) is 0 Å². The number of para-hydroxylation sites is 2. The molecule has 1 aliphatic rings. The molecule has 0 spiro atoms. The lowest BCUT2D eigenvalue weighted by molar-refractivity contribution is 0.691. The fraction of sp³-hybridized carbons (Fsp3) is 0.467. The molecule has 1 aromatic heterocycles. The van der Waals surface area contributed by atoms with E-state index < -0.39 is 0 Å². The Morgan fingerprint density at radius 2 is 2.20 bits per heavy atom. The molecule has 5 heteroatoms. The van der Waals surface area contributed by atoms with Gasteiger partial charge in [0, 0.05) is 12.1 Å². The SMILES string of the molecule is CC(C)NC(N)=NCc1nc2ccccc2n1C1CC1. The van der Waals surface area contributed by atoms with Gasteiger partial charge in [-0.25, -0.2) is 9.98 Å². The lowest BCUT2D eigenvalue weighted by atomic mass is 10.3. The highest BCUT2D eigenvalue weighted by atomic mass is 15.2. The highest BCUT2D eigenvalue weighted by Crippen LogP contribution is 2.38. The first-order valence-corrected chi connectivity index (χ1v) is 7.17. The molecule has 0 unspecified atom stereocenters. The van der Waals surface area contributed by atoms with Gasteiger partial charge in [-0.2, -0.15) is 0 Å². The van der Waals surface area contributed by atoms with Crippen molar-refractivity contribution >= 4 is 17.0 Å². The van der Waals surface area contributed by atoms with Crippen LogP contribution in [0.15, 0.2) is 29.3 Å². The van der Waals surface area contributed by atoms with Gasteiger partial charge in [0.1, 0.15) is 12.4 Å². The number of guanidine groups is 1. The molecule has 3 N–H and O–H groups in total. The maximum atomic E-state index is 5.86. The van der Waals surface area contributed by atoms with Gasteiger partial charge in [-0.3, -0.25) is 0 Å². The first kappa shape index (κ1) is 13.0. The van der Waals surface area contributed by atoms with Gasteiger partial charge < -0.3 is 15.6 Å². The number of aromatic nitrogens is 2. The van der Waals surface area contributed by atoms with Gasteiger partial charge in [-0.1, -0.05) is 12.1 Å². The number of aliphatic imine (C=N–C) groups is 1. The van der Waals surface area contributed by atoms with Crippen molar-refractivity contribution in [2.75, 3.05) is 0 Å². The molecule has 0 saturated heterocycles. The normalized spacial score (nSPS) is 16.1. The van der Waals surface area contributed by atoms with Crippen molar-refractivity contribution < 1.29 is 0 Å². The summed E-state index contributed by atoms with van der Waals surface area (Å²) in [6.45, 7) is 4.61. The van der Waals surface area contributed by atoms with Crippen molar-refractivity contribution in [3.05, 3.63) is 30.1 Å². The third kappa shape index (κ3) is 2.61. The number of imidazole rings is 1. The summed E-state index contributed by atoms with van der Waals surface area (Å²) in [4.78, 5) is 9.10. The van der Waals surface area contributed by atoms with Gasteiger partial charge in [-0.05, 0) is 38.8 Å². The van der Waals surface area contributed by atoms with Crippen LogP contribution < -0.4 is 11.1 Å². The number of hydrogen-bond acceptors (Lipinski definition) is 2. The van der Waals surface area contributed by atoms with Crippen LogP contribution in [0.5, 0.6) is 0 Å². The molecule has 106 valence electrons. The number of fused-ring (bicyclic) bond motifs is 1. The van der Waals surface area contributed by atoms with Gasteiger partial charge in [0.2, 0.25) is 0 Å². The van der Waals surface area contributed by atoms with E-state index in [-0.39, 0.29) is 0 Å². The van der Waals surface area contributed by atoms with E-state index in [1.54, 1.807) is 0 Å². The first-order chi connectivity index (χ1) is 9.65. The number of benzene rings is 1. The maximum Gasteiger partial charge on any atom is 0.189 e. The Hall–Kier alpha value is -2.04. The fourth-order valence-electron chi connectivity index (χ4n) is 2.44. The minimum atomic E-state index is 0.293. The van der Waals surface area contributed by atoms with Crippen LogP contribution in [-0.4, -0.2) is 21.6 Å². The van der Waals surface area contributed by atoms with E-state index in [0.29, 0.717) is 24.6 Å². The standard InChI is InChI=1S/C15H21N5/c1-10(2)18-15(16)17-9-14-19-12-5-3-4-6-13(12)20(14)11-7-8-11/h3-6,10-11H,7-9H2,1-2H3,(H3,16,17,18). The number of hydrogen-bond donors (Lipinski definition) is 2. The van der Waals surface area contributed by atoms with E-state index in [9.17, 15) is 0 Å². The largest absolute Gasteiger partial charge is 0.370 e. The van der Waals surface area contributed by atoms with Crippen molar-refractivity contribution in [3.63, 3.8) is 0 Å². The number of nitrogens with zero attached hydrogens (tertiary/aromatic N) is 3. The molecular weight excluding hydrogens is 250 g/mol. The molecule has 0 aliphatic heterocycles. The average molecular weight is 271 g/mol. The highest BCUT2D eigenvalue weighted by Gasteiger charge is 2.27. The summed E-state index contributed by atoms with van der Waals surface area (Å²) in [5.41, 5.74) is 8.11. The molecule has 1 aliphatic carbocycles. The van der Waals surface area contributed by atoms with E-state index in [0.717, 1.165) is 11.3 Å². The summed E-state index contributed by atoms with van der Waals surface area (Å²) < 4.78 is 2.32. The highest BCUT2D eigenvalue weighted by molar-refractivity contribution is 5.78. The Bertz CT molecular complexity index is 637. The Labute approximate surface area is 118 Å². The van der Waals surface area contributed by atoms with E-state index in [1.165, 1.54) is 18.4 Å². The summed E-state index contributed by atoms with van der Waals surface area (Å²) in [7, 11) is 0. The average Bonchev–Trinajstić information content (AvgIpc) is 3.16. The fourth-order valence-corrected chi connectivity index (χ4v) is 2.44. The van der Waals surface area contributed by atoms with Gasteiger partial charge in [0.15, 0.2) is 5.96 Å². The Morgan fingerprint density at radius 3 is 2.90 bits per heavy atom. The molecular formula is C15H21N5. The number of nitrogens with two attached hydrogens (primary N) is 1. The predicted octanol–water partition coefficient (Wildman–Crippen LogP) is 2.18. The summed E-state index contributed by atoms with van der Waals surface area (Å²) >= 11 is 0. The lowest BCUT2D eigenvalue weighted by Gasteiger charge is -2.09. The molecule has 3 rings (SSSR count). The van der Waals surface area contributed by atoms with Crippen LogP contribution in [0.3, 0.4) is 0 Å². The predicted molar refractivity (Wildman–Crippen MR) is 81.6 cm³/mol. The number of nitrogens with one attached hydrogen (secondary N) is 1. The zero-order valence-corrected chi connectivity index (χ0v) is 12.0. The monoisotopic (exact) mass is 271 g/mol. The van der Waals surface area contributed by atoms with E-state index in [4.69, 9.17) is 10.7 Å². The molecule has 20 heavy (non-hydrogen) atoms. The third-order valence-corrected chi connectivity index (χ3v) is 3.41.